The quantitative estimate of drug-likeness (QED) is 0.837. The molecule has 0 atom stereocenters. The summed E-state index contributed by atoms with van der Waals surface area (Å²) < 4.78 is 5.36. The zero-order chi connectivity index (χ0) is 13.1. The molecule has 2 aromatic rings. The Kier molecular flexibility index (Phi) is 3.65. The second-order valence-corrected chi connectivity index (χ2v) is 4.49. The number of hydrogen-bond donors (Lipinski definition) is 1. The van der Waals surface area contributed by atoms with E-state index >= 15 is 0 Å². The van der Waals surface area contributed by atoms with Crippen LogP contribution in [0.15, 0.2) is 22.7 Å². The minimum absolute atomic E-state index is 0.340. The fourth-order valence-electron chi connectivity index (χ4n) is 2.04. The van der Waals surface area contributed by atoms with Crippen molar-refractivity contribution >= 4 is 5.69 Å². The van der Waals surface area contributed by atoms with E-state index in [0.29, 0.717) is 11.7 Å². The van der Waals surface area contributed by atoms with Crippen molar-refractivity contribution in [3.8, 4) is 11.4 Å². The number of rotatable bonds is 4. The molecule has 0 aliphatic heterocycles. The zero-order valence-corrected chi connectivity index (χ0v) is 11.1. The van der Waals surface area contributed by atoms with Crippen molar-refractivity contribution in [1.29, 1.82) is 0 Å². The van der Waals surface area contributed by atoms with Crippen molar-refractivity contribution in [2.75, 3.05) is 5.73 Å². The van der Waals surface area contributed by atoms with E-state index in [0.717, 1.165) is 35.5 Å². The van der Waals surface area contributed by atoms with E-state index in [1.54, 1.807) is 0 Å². The van der Waals surface area contributed by atoms with Crippen LogP contribution < -0.4 is 5.73 Å². The molecule has 0 radical (unpaired) electrons. The highest BCUT2D eigenvalue weighted by molar-refractivity contribution is 5.67. The molecule has 4 heteroatoms. The van der Waals surface area contributed by atoms with E-state index in [4.69, 9.17) is 10.3 Å². The lowest BCUT2D eigenvalue weighted by molar-refractivity contribution is 0.346. The highest BCUT2D eigenvalue weighted by atomic mass is 16.5. The minimum Gasteiger partial charge on any atom is -0.398 e. The molecule has 0 amide bonds. The molecule has 0 bridgehead atoms. The lowest BCUT2D eigenvalue weighted by atomic mass is 10.0. The summed E-state index contributed by atoms with van der Waals surface area (Å²) in [7, 11) is 0. The molecule has 0 saturated heterocycles. The van der Waals surface area contributed by atoms with Crippen molar-refractivity contribution in [3.05, 3.63) is 29.7 Å². The number of nitrogens with zero attached hydrogens (tertiary/aromatic N) is 2. The molecule has 1 aromatic carbocycles. The van der Waals surface area contributed by atoms with E-state index < -0.39 is 0 Å². The van der Waals surface area contributed by atoms with Gasteiger partial charge >= 0.3 is 0 Å². The summed E-state index contributed by atoms with van der Waals surface area (Å²) in [5, 5.41) is 4.06. The Balaban J connectivity index is 2.38. The Morgan fingerprint density at radius 3 is 2.67 bits per heavy atom. The topological polar surface area (TPSA) is 64.9 Å². The van der Waals surface area contributed by atoms with Gasteiger partial charge in [0, 0.05) is 17.2 Å². The van der Waals surface area contributed by atoms with Gasteiger partial charge in [-0.3, -0.25) is 0 Å². The predicted molar refractivity (Wildman–Crippen MR) is 72.2 cm³/mol. The van der Waals surface area contributed by atoms with E-state index in [9.17, 15) is 0 Å². The van der Waals surface area contributed by atoms with Crippen LogP contribution >= 0.6 is 0 Å². The van der Waals surface area contributed by atoms with Gasteiger partial charge in [0.05, 0.1) is 0 Å². The van der Waals surface area contributed by atoms with Gasteiger partial charge < -0.3 is 10.3 Å². The molecule has 0 fully saturated rings. The van der Waals surface area contributed by atoms with Gasteiger partial charge in [0.1, 0.15) is 0 Å². The number of hydrogen-bond acceptors (Lipinski definition) is 4. The van der Waals surface area contributed by atoms with Gasteiger partial charge in [-0.05, 0) is 31.4 Å². The molecule has 0 aliphatic rings. The third-order valence-corrected chi connectivity index (χ3v) is 3.39. The Labute approximate surface area is 107 Å². The molecule has 18 heavy (non-hydrogen) atoms. The van der Waals surface area contributed by atoms with Crippen LogP contribution in [0.2, 0.25) is 0 Å². The normalized spacial score (nSPS) is 11.1. The largest absolute Gasteiger partial charge is 0.398 e. The summed E-state index contributed by atoms with van der Waals surface area (Å²) in [4.78, 5) is 4.49. The van der Waals surface area contributed by atoms with Gasteiger partial charge in [0.25, 0.3) is 0 Å². The molecule has 4 nitrogen and oxygen atoms in total. The fraction of sp³-hybridized carbons (Fsp3) is 0.429. The van der Waals surface area contributed by atoms with Gasteiger partial charge in [-0.1, -0.05) is 31.1 Å². The monoisotopic (exact) mass is 245 g/mol. The van der Waals surface area contributed by atoms with Crippen LogP contribution in [-0.4, -0.2) is 10.1 Å². The SMILES string of the molecule is CCC(CC)c1nc(-c2cccc(N)c2C)no1. The summed E-state index contributed by atoms with van der Waals surface area (Å²) in [6.45, 7) is 6.23. The van der Waals surface area contributed by atoms with Crippen molar-refractivity contribution in [3.63, 3.8) is 0 Å². The molecule has 96 valence electrons. The van der Waals surface area contributed by atoms with Gasteiger partial charge in [-0.25, -0.2) is 0 Å². The van der Waals surface area contributed by atoms with Gasteiger partial charge in [-0.2, -0.15) is 4.98 Å². The molecule has 1 aromatic heterocycles. The molecule has 0 spiro atoms. The summed E-state index contributed by atoms with van der Waals surface area (Å²) >= 11 is 0. The molecule has 2 rings (SSSR count). The minimum atomic E-state index is 0.340. The number of aromatic nitrogens is 2. The number of benzene rings is 1. The average molecular weight is 245 g/mol. The number of nitrogen functional groups attached to an aromatic ring is 1. The second kappa shape index (κ2) is 5.21. The van der Waals surface area contributed by atoms with Crippen molar-refractivity contribution in [1.82, 2.24) is 10.1 Å². The average Bonchev–Trinajstić information content (AvgIpc) is 2.84. The van der Waals surface area contributed by atoms with Crippen LogP contribution in [0.3, 0.4) is 0 Å². The van der Waals surface area contributed by atoms with E-state index in [1.165, 1.54) is 0 Å². The Hall–Kier alpha value is -1.84. The molecule has 2 N–H and O–H groups in total. The summed E-state index contributed by atoms with van der Waals surface area (Å²) in [6, 6.07) is 5.75. The summed E-state index contributed by atoms with van der Waals surface area (Å²) in [5.74, 6) is 1.69. The first kappa shape index (κ1) is 12.6. The lowest BCUT2D eigenvalue weighted by Crippen LogP contribution is -1.96. The molecular formula is C14H19N3O. The van der Waals surface area contributed by atoms with Crippen molar-refractivity contribution < 1.29 is 4.52 Å². The van der Waals surface area contributed by atoms with Gasteiger partial charge in [0.2, 0.25) is 11.7 Å². The fourth-order valence-corrected chi connectivity index (χ4v) is 2.04. The molecule has 0 aliphatic carbocycles. The molecule has 1 heterocycles. The van der Waals surface area contributed by atoms with E-state index in [-0.39, 0.29) is 0 Å². The van der Waals surface area contributed by atoms with Crippen molar-refractivity contribution in [2.24, 2.45) is 0 Å². The van der Waals surface area contributed by atoms with E-state index in [2.05, 4.69) is 24.0 Å². The Morgan fingerprint density at radius 2 is 2.00 bits per heavy atom. The third kappa shape index (κ3) is 2.23. The van der Waals surface area contributed by atoms with Crippen LogP contribution in [0.25, 0.3) is 11.4 Å². The number of anilines is 1. The van der Waals surface area contributed by atoms with Gasteiger partial charge in [-0.15, -0.1) is 0 Å². The lowest BCUT2D eigenvalue weighted by Gasteiger charge is -2.05. The van der Waals surface area contributed by atoms with Gasteiger partial charge in [0.15, 0.2) is 0 Å². The van der Waals surface area contributed by atoms with Crippen LogP contribution in [0.4, 0.5) is 5.69 Å². The molecular weight excluding hydrogens is 226 g/mol. The first-order valence-corrected chi connectivity index (χ1v) is 6.36. The van der Waals surface area contributed by atoms with Crippen LogP contribution in [-0.2, 0) is 0 Å². The Bertz CT molecular complexity index is 530. The Morgan fingerprint density at radius 1 is 1.28 bits per heavy atom. The summed E-state index contributed by atoms with van der Waals surface area (Å²) in [6.07, 6.45) is 2.02. The van der Waals surface area contributed by atoms with Crippen LogP contribution in [0.1, 0.15) is 44.1 Å². The maximum Gasteiger partial charge on any atom is 0.230 e. The zero-order valence-electron chi connectivity index (χ0n) is 11.1. The van der Waals surface area contributed by atoms with Crippen molar-refractivity contribution in [2.45, 2.75) is 39.5 Å². The molecule has 0 unspecified atom stereocenters. The van der Waals surface area contributed by atoms with E-state index in [1.807, 2.05) is 25.1 Å². The second-order valence-electron chi connectivity index (χ2n) is 4.49. The highest BCUT2D eigenvalue weighted by Gasteiger charge is 2.17. The smallest absolute Gasteiger partial charge is 0.230 e. The standard InChI is InChI=1S/C14H19N3O/c1-4-10(5-2)14-16-13(17-18-14)11-7-6-8-12(15)9(11)3/h6-8,10H,4-5,15H2,1-3H3. The maximum absolute atomic E-state index is 5.89. The first-order valence-electron chi connectivity index (χ1n) is 6.36. The highest BCUT2D eigenvalue weighted by Crippen LogP contribution is 2.27. The first-order chi connectivity index (χ1) is 8.67. The predicted octanol–water partition coefficient (Wildman–Crippen LogP) is 3.53. The number of nitrogens with two attached hydrogens (primary N) is 1. The molecule has 0 saturated carbocycles. The van der Waals surface area contributed by atoms with Crippen LogP contribution in [0, 0.1) is 6.92 Å². The van der Waals surface area contributed by atoms with Crippen LogP contribution in [0.5, 0.6) is 0 Å². The summed E-state index contributed by atoms with van der Waals surface area (Å²) in [5.41, 5.74) is 8.58. The third-order valence-electron chi connectivity index (χ3n) is 3.39. The maximum atomic E-state index is 5.89.